The molecule has 0 rings (SSSR count). The van der Waals surface area contributed by atoms with Gasteiger partial charge in [-0.2, -0.15) is 0 Å². The highest BCUT2D eigenvalue weighted by atomic mass is 14.7. The van der Waals surface area contributed by atoms with Crippen LogP contribution in [0.3, 0.4) is 0 Å². The minimum atomic E-state index is 0.509. The molecule has 21 heavy (non-hydrogen) atoms. The fraction of sp³-hybridized carbons (Fsp3) is 0.850. The van der Waals surface area contributed by atoms with Gasteiger partial charge >= 0.3 is 0 Å². The topological polar surface area (TPSA) is 12.4 Å². The van der Waals surface area contributed by atoms with Gasteiger partial charge in [0.15, 0.2) is 0 Å². The molecule has 0 N–H and O–H groups in total. The van der Waals surface area contributed by atoms with Crippen LogP contribution in [0.1, 0.15) is 87.0 Å². The molecule has 0 aliphatic carbocycles. The first kappa shape index (κ1) is 20.4. The van der Waals surface area contributed by atoms with E-state index in [-0.39, 0.29) is 0 Å². The Morgan fingerprint density at radius 2 is 1.76 bits per heavy atom. The maximum Gasteiger partial charge on any atom is 0.0373 e. The average molecular weight is 294 g/mol. The minimum absolute atomic E-state index is 0.509. The number of nitrogens with zero attached hydrogens (tertiary/aromatic N) is 1. The van der Waals surface area contributed by atoms with Crippen LogP contribution >= 0.6 is 0 Å². The molecule has 0 saturated heterocycles. The molecule has 0 fully saturated rings. The predicted molar refractivity (Wildman–Crippen MR) is 98.3 cm³/mol. The van der Waals surface area contributed by atoms with E-state index in [1.807, 2.05) is 7.05 Å². The van der Waals surface area contributed by atoms with Crippen LogP contribution < -0.4 is 0 Å². The lowest BCUT2D eigenvalue weighted by Gasteiger charge is -2.27. The molecule has 0 aliphatic rings. The standard InChI is InChI=1S/C20H39N/c1-9-18(5)19(21-8)14-17(4)12-10-11-13-20(6,7)15-16(2)3/h9,16-17H,10-15H2,1-8H3/b18-9+,21-19?. The van der Waals surface area contributed by atoms with E-state index in [1.165, 1.54) is 43.4 Å². The molecule has 0 saturated carbocycles. The summed E-state index contributed by atoms with van der Waals surface area (Å²) < 4.78 is 0. The van der Waals surface area contributed by atoms with Gasteiger partial charge in [0, 0.05) is 12.8 Å². The summed E-state index contributed by atoms with van der Waals surface area (Å²) in [6.45, 7) is 16.2. The summed E-state index contributed by atoms with van der Waals surface area (Å²) >= 11 is 0. The lowest BCUT2D eigenvalue weighted by Crippen LogP contribution is -2.14. The molecule has 1 nitrogen and oxygen atoms in total. The molecule has 0 aromatic rings. The van der Waals surface area contributed by atoms with E-state index in [9.17, 15) is 0 Å². The monoisotopic (exact) mass is 293 g/mol. The first-order valence-corrected chi connectivity index (χ1v) is 8.80. The van der Waals surface area contributed by atoms with E-state index in [0.717, 1.165) is 18.3 Å². The van der Waals surface area contributed by atoms with Gasteiger partial charge in [-0.05, 0) is 55.9 Å². The largest absolute Gasteiger partial charge is 0.293 e. The Kier molecular flexibility index (Phi) is 9.90. The molecule has 1 unspecified atom stereocenters. The van der Waals surface area contributed by atoms with Gasteiger partial charge in [-0.25, -0.2) is 0 Å². The molecule has 0 aromatic heterocycles. The van der Waals surface area contributed by atoms with Gasteiger partial charge in [0.25, 0.3) is 0 Å². The van der Waals surface area contributed by atoms with Gasteiger partial charge in [0.1, 0.15) is 0 Å². The highest BCUT2D eigenvalue weighted by Crippen LogP contribution is 2.31. The molecule has 0 aromatic carbocycles. The minimum Gasteiger partial charge on any atom is -0.293 e. The Morgan fingerprint density at radius 1 is 1.14 bits per heavy atom. The van der Waals surface area contributed by atoms with E-state index in [4.69, 9.17) is 0 Å². The maximum atomic E-state index is 4.45. The lowest BCUT2D eigenvalue weighted by atomic mass is 9.79. The van der Waals surface area contributed by atoms with E-state index in [1.54, 1.807) is 0 Å². The smallest absolute Gasteiger partial charge is 0.0373 e. The molecule has 1 atom stereocenters. The molecule has 0 aliphatic heterocycles. The van der Waals surface area contributed by atoms with Crippen LogP contribution in [0.5, 0.6) is 0 Å². The van der Waals surface area contributed by atoms with Crippen LogP contribution in [-0.4, -0.2) is 12.8 Å². The van der Waals surface area contributed by atoms with Crippen molar-refractivity contribution in [2.24, 2.45) is 22.2 Å². The second-order valence-electron chi connectivity index (χ2n) is 7.96. The van der Waals surface area contributed by atoms with Crippen molar-refractivity contribution in [3.05, 3.63) is 11.6 Å². The van der Waals surface area contributed by atoms with Gasteiger partial charge in [-0.1, -0.05) is 60.0 Å². The predicted octanol–water partition coefficient (Wildman–Crippen LogP) is 6.68. The van der Waals surface area contributed by atoms with Crippen LogP contribution in [0.25, 0.3) is 0 Å². The summed E-state index contributed by atoms with van der Waals surface area (Å²) in [7, 11) is 1.92. The van der Waals surface area contributed by atoms with Crippen molar-refractivity contribution < 1.29 is 0 Å². The molecule has 0 bridgehead atoms. The highest BCUT2D eigenvalue weighted by Gasteiger charge is 2.19. The van der Waals surface area contributed by atoms with Gasteiger partial charge in [0.2, 0.25) is 0 Å². The number of aliphatic imine (C=N–C) groups is 1. The van der Waals surface area contributed by atoms with Crippen molar-refractivity contribution in [3.63, 3.8) is 0 Å². The van der Waals surface area contributed by atoms with Gasteiger partial charge in [0.05, 0.1) is 0 Å². The molecular formula is C20H39N. The van der Waals surface area contributed by atoms with Crippen LogP contribution in [-0.2, 0) is 0 Å². The van der Waals surface area contributed by atoms with Crippen molar-refractivity contribution >= 4 is 5.71 Å². The first-order chi connectivity index (χ1) is 9.71. The SMILES string of the molecule is C/C=C(\C)C(CC(C)CCCCC(C)(C)CC(C)C)=NC. The van der Waals surface area contributed by atoms with Crippen molar-refractivity contribution in [3.8, 4) is 0 Å². The summed E-state index contributed by atoms with van der Waals surface area (Å²) in [6, 6.07) is 0. The fourth-order valence-electron chi connectivity index (χ4n) is 3.33. The zero-order valence-electron chi connectivity index (χ0n) is 15.9. The van der Waals surface area contributed by atoms with Gasteiger partial charge < -0.3 is 0 Å². The molecule has 0 amide bonds. The summed E-state index contributed by atoms with van der Waals surface area (Å²) in [5, 5.41) is 0. The number of hydrogen-bond acceptors (Lipinski definition) is 1. The Balaban J connectivity index is 4.03. The van der Waals surface area contributed by atoms with Crippen LogP contribution in [0, 0.1) is 17.3 Å². The van der Waals surface area contributed by atoms with Gasteiger partial charge in [-0.15, -0.1) is 0 Å². The summed E-state index contributed by atoms with van der Waals surface area (Å²) in [5.41, 5.74) is 3.13. The molecule has 1 heteroatoms. The summed E-state index contributed by atoms with van der Waals surface area (Å²) in [6.07, 6.45) is 10.1. The summed E-state index contributed by atoms with van der Waals surface area (Å²) in [4.78, 5) is 4.45. The van der Waals surface area contributed by atoms with Crippen LogP contribution in [0.4, 0.5) is 0 Å². The quantitative estimate of drug-likeness (QED) is 0.314. The third-order valence-electron chi connectivity index (χ3n) is 4.46. The molecule has 124 valence electrons. The third kappa shape index (κ3) is 9.87. The summed E-state index contributed by atoms with van der Waals surface area (Å²) in [5.74, 6) is 1.55. The molecule has 0 spiro atoms. The van der Waals surface area contributed by atoms with Crippen molar-refractivity contribution in [1.82, 2.24) is 0 Å². The van der Waals surface area contributed by atoms with Crippen LogP contribution in [0.2, 0.25) is 0 Å². The van der Waals surface area contributed by atoms with Crippen molar-refractivity contribution in [2.75, 3.05) is 7.05 Å². The highest BCUT2D eigenvalue weighted by molar-refractivity contribution is 5.99. The third-order valence-corrected chi connectivity index (χ3v) is 4.46. The normalized spacial score (nSPS) is 15.7. The Bertz CT molecular complexity index is 334. The van der Waals surface area contributed by atoms with E-state index < -0.39 is 0 Å². The zero-order chi connectivity index (χ0) is 16.5. The van der Waals surface area contributed by atoms with E-state index in [0.29, 0.717) is 5.41 Å². The zero-order valence-corrected chi connectivity index (χ0v) is 15.9. The second kappa shape index (κ2) is 10.2. The second-order valence-corrected chi connectivity index (χ2v) is 7.96. The average Bonchev–Trinajstić information content (AvgIpc) is 2.38. The Hall–Kier alpha value is -0.590. The number of hydrogen-bond donors (Lipinski definition) is 0. The molecular weight excluding hydrogens is 254 g/mol. The Labute approximate surface area is 134 Å². The number of rotatable bonds is 10. The fourth-order valence-corrected chi connectivity index (χ4v) is 3.33. The number of allylic oxidation sites excluding steroid dienone is 2. The Morgan fingerprint density at radius 3 is 2.24 bits per heavy atom. The maximum absolute atomic E-state index is 4.45. The number of unbranched alkanes of at least 4 members (excludes halogenated alkanes) is 1. The first-order valence-electron chi connectivity index (χ1n) is 8.80. The molecule has 0 radical (unpaired) electrons. The molecule has 0 heterocycles. The lowest BCUT2D eigenvalue weighted by molar-refractivity contribution is 0.254. The van der Waals surface area contributed by atoms with Crippen molar-refractivity contribution in [1.29, 1.82) is 0 Å². The van der Waals surface area contributed by atoms with E-state index in [2.05, 4.69) is 59.5 Å². The van der Waals surface area contributed by atoms with Crippen LogP contribution in [0.15, 0.2) is 16.6 Å². The van der Waals surface area contributed by atoms with Gasteiger partial charge in [-0.3, -0.25) is 4.99 Å². The van der Waals surface area contributed by atoms with Crippen molar-refractivity contribution in [2.45, 2.75) is 87.0 Å². The van der Waals surface area contributed by atoms with E-state index >= 15 is 0 Å².